The third-order valence-electron chi connectivity index (χ3n) is 2.01. The molecule has 0 saturated heterocycles. The highest BCUT2D eigenvalue weighted by molar-refractivity contribution is 5.96. The second kappa shape index (κ2) is 4.88. The molecule has 0 spiro atoms. The number of benzene rings is 1. The summed E-state index contributed by atoms with van der Waals surface area (Å²) in [6.07, 6.45) is -0.983. The predicted molar refractivity (Wildman–Crippen MR) is 53.2 cm³/mol. The van der Waals surface area contributed by atoms with Gasteiger partial charge in [0.25, 0.3) is 0 Å². The quantitative estimate of drug-likeness (QED) is 0.701. The van der Waals surface area contributed by atoms with Crippen molar-refractivity contribution in [3.8, 4) is 0 Å². The maximum atomic E-state index is 11.5. The van der Waals surface area contributed by atoms with Crippen LogP contribution in [0.1, 0.15) is 22.3 Å². The van der Waals surface area contributed by atoms with Crippen molar-refractivity contribution in [3.63, 3.8) is 0 Å². The highest BCUT2D eigenvalue weighted by Gasteiger charge is 2.11. The molecule has 2 N–H and O–H groups in total. The zero-order valence-corrected chi connectivity index (χ0v) is 8.10. The fraction of sp³-hybridized carbons (Fsp3) is 0.364. The summed E-state index contributed by atoms with van der Waals surface area (Å²) < 4.78 is 0. The normalized spacial score (nSPS) is 12.5. The highest BCUT2D eigenvalue weighted by Crippen LogP contribution is 2.07. The average molecular weight is 194 g/mol. The van der Waals surface area contributed by atoms with Crippen LogP contribution >= 0.6 is 0 Å². The Labute approximate surface area is 83.0 Å². The molecule has 76 valence electrons. The molecule has 0 amide bonds. The van der Waals surface area contributed by atoms with Gasteiger partial charge >= 0.3 is 0 Å². The number of aliphatic hydroxyl groups is 2. The van der Waals surface area contributed by atoms with Crippen LogP contribution in [0.15, 0.2) is 24.3 Å². The lowest BCUT2D eigenvalue weighted by Gasteiger charge is -2.05. The number of carbonyl (C=O) groups excluding carboxylic acids is 1. The largest absolute Gasteiger partial charge is 0.394 e. The number of ketones is 1. The van der Waals surface area contributed by atoms with Crippen LogP contribution in [0.25, 0.3) is 0 Å². The Balaban J connectivity index is 2.65. The molecule has 0 aromatic heterocycles. The predicted octanol–water partition coefficient (Wildman–Crippen LogP) is 0.921. The van der Waals surface area contributed by atoms with Crippen LogP contribution in [0.4, 0.5) is 0 Å². The van der Waals surface area contributed by atoms with Crippen LogP contribution in [0.5, 0.6) is 0 Å². The number of aryl methyl sites for hydroxylation is 1. The zero-order valence-electron chi connectivity index (χ0n) is 8.10. The van der Waals surface area contributed by atoms with Gasteiger partial charge in [0.05, 0.1) is 12.7 Å². The monoisotopic (exact) mass is 194 g/mol. The summed E-state index contributed by atoms with van der Waals surface area (Å²) in [7, 11) is 0. The molecule has 1 rings (SSSR count). The lowest BCUT2D eigenvalue weighted by atomic mass is 10.0. The van der Waals surface area contributed by atoms with Crippen molar-refractivity contribution in [1.82, 2.24) is 0 Å². The molecule has 0 aliphatic carbocycles. The molecule has 1 aromatic carbocycles. The van der Waals surface area contributed by atoms with Gasteiger partial charge < -0.3 is 10.2 Å². The number of hydrogen-bond donors (Lipinski definition) is 2. The third-order valence-corrected chi connectivity index (χ3v) is 2.01. The first-order chi connectivity index (χ1) is 6.63. The molecule has 0 saturated carbocycles. The summed E-state index contributed by atoms with van der Waals surface area (Å²) >= 11 is 0. The van der Waals surface area contributed by atoms with E-state index in [1.54, 1.807) is 12.1 Å². The molecule has 1 aromatic rings. The van der Waals surface area contributed by atoms with Crippen molar-refractivity contribution >= 4 is 5.78 Å². The average Bonchev–Trinajstić information content (AvgIpc) is 2.18. The molecule has 0 aliphatic heterocycles. The number of hydrogen-bond acceptors (Lipinski definition) is 3. The molecule has 3 nitrogen and oxygen atoms in total. The van der Waals surface area contributed by atoms with Crippen LogP contribution < -0.4 is 0 Å². The molecule has 1 unspecified atom stereocenters. The van der Waals surface area contributed by atoms with E-state index in [1.807, 2.05) is 19.1 Å². The standard InChI is InChI=1S/C11H14O3/c1-8-2-4-9(5-3-8)11(14)6-10(13)7-12/h2-5,10,12-13H,6-7H2,1H3. The Morgan fingerprint density at radius 1 is 1.36 bits per heavy atom. The lowest BCUT2D eigenvalue weighted by Crippen LogP contribution is -2.17. The van der Waals surface area contributed by atoms with Crippen LogP contribution in [0.2, 0.25) is 0 Å². The van der Waals surface area contributed by atoms with E-state index in [0.717, 1.165) is 5.56 Å². The van der Waals surface area contributed by atoms with Gasteiger partial charge in [0.1, 0.15) is 0 Å². The van der Waals surface area contributed by atoms with Crippen molar-refractivity contribution in [3.05, 3.63) is 35.4 Å². The number of Topliss-reactive ketones (excluding diaryl/α,β-unsaturated/α-hetero) is 1. The lowest BCUT2D eigenvalue weighted by molar-refractivity contribution is 0.0703. The van der Waals surface area contributed by atoms with Gasteiger partial charge in [-0.15, -0.1) is 0 Å². The minimum Gasteiger partial charge on any atom is -0.394 e. The summed E-state index contributed by atoms with van der Waals surface area (Å²) in [6.45, 7) is 1.56. The Bertz CT molecular complexity index is 303. The van der Waals surface area contributed by atoms with E-state index in [2.05, 4.69) is 0 Å². The van der Waals surface area contributed by atoms with E-state index >= 15 is 0 Å². The Kier molecular flexibility index (Phi) is 3.80. The van der Waals surface area contributed by atoms with E-state index in [0.29, 0.717) is 5.56 Å². The molecule has 14 heavy (non-hydrogen) atoms. The SMILES string of the molecule is Cc1ccc(C(=O)CC(O)CO)cc1. The molecule has 0 aliphatic rings. The van der Waals surface area contributed by atoms with Crippen LogP contribution in [0.3, 0.4) is 0 Å². The van der Waals surface area contributed by atoms with Gasteiger partial charge in [-0.2, -0.15) is 0 Å². The van der Waals surface area contributed by atoms with Gasteiger partial charge in [0, 0.05) is 12.0 Å². The maximum absolute atomic E-state index is 11.5. The van der Waals surface area contributed by atoms with E-state index in [4.69, 9.17) is 10.2 Å². The zero-order chi connectivity index (χ0) is 10.6. The van der Waals surface area contributed by atoms with Crippen LogP contribution in [0, 0.1) is 6.92 Å². The smallest absolute Gasteiger partial charge is 0.165 e. The van der Waals surface area contributed by atoms with Crippen molar-refractivity contribution in [2.45, 2.75) is 19.4 Å². The van der Waals surface area contributed by atoms with Gasteiger partial charge in [0.15, 0.2) is 5.78 Å². The summed E-state index contributed by atoms with van der Waals surface area (Å²) in [4.78, 5) is 11.5. The minimum absolute atomic E-state index is 0.0282. The summed E-state index contributed by atoms with van der Waals surface area (Å²) in [5.41, 5.74) is 1.66. The molecule has 3 heteroatoms. The van der Waals surface area contributed by atoms with Crippen molar-refractivity contribution < 1.29 is 15.0 Å². The Morgan fingerprint density at radius 2 is 1.93 bits per heavy atom. The Morgan fingerprint density at radius 3 is 2.43 bits per heavy atom. The molecule has 1 atom stereocenters. The second-order valence-corrected chi connectivity index (χ2v) is 3.33. The number of aliphatic hydroxyl groups excluding tert-OH is 2. The minimum atomic E-state index is -0.955. The highest BCUT2D eigenvalue weighted by atomic mass is 16.3. The van der Waals surface area contributed by atoms with Gasteiger partial charge in [-0.05, 0) is 6.92 Å². The van der Waals surface area contributed by atoms with E-state index in [-0.39, 0.29) is 18.8 Å². The second-order valence-electron chi connectivity index (χ2n) is 3.33. The van der Waals surface area contributed by atoms with Crippen molar-refractivity contribution in [2.75, 3.05) is 6.61 Å². The van der Waals surface area contributed by atoms with E-state index in [1.165, 1.54) is 0 Å². The fourth-order valence-corrected chi connectivity index (χ4v) is 1.14. The molecule has 0 heterocycles. The first kappa shape index (κ1) is 10.9. The topological polar surface area (TPSA) is 57.5 Å². The summed E-state index contributed by atoms with van der Waals surface area (Å²) in [5, 5.41) is 17.6. The van der Waals surface area contributed by atoms with Gasteiger partial charge in [0.2, 0.25) is 0 Å². The maximum Gasteiger partial charge on any atom is 0.165 e. The Hall–Kier alpha value is -1.19. The fourth-order valence-electron chi connectivity index (χ4n) is 1.14. The third kappa shape index (κ3) is 2.94. The van der Waals surface area contributed by atoms with Gasteiger partial charge in [-0.3, -0.25) is 4.79 Å². The van der Waals surface area contributed by atoms with Gasteiger partial charge in [-0.25, -0.2) is 0 Å². The van der Waals surface area contributed by atoms with Crippen molar-refractivity contribution in [1.29, 1.82) is 0 Å². The van der Waals surface area contributed by atoms with Crippen molar-refractivity contribution in [2.24, 2.45) is 0 Å². The molecule has 0 fully saturated rings. The summed E-state index contributed by atoms with van der Waals surface area (Å²) in [5.74, 6) is -0.147. The molecule has 0 radical (unpaired) electrons. The number of rotatable bonds is 4. The summed E-state index contributed by atoms with van der Waals surface area (Å²) in [6, 6.07) is 7.14. The van der Waals surface area contributed by atoms with Crippen LogP contribution in [-0.4, -0.2) is 28.7 Å². The number of carbonyl (C=O) groups is 1. The van der Waals surface area contributed by atoms with Crippen LogP contribution in [-0.2, 0) is 0 Å². The first-order valence-corrected chi connectivity index (χ1v) is 4.52. The molecule has 0 bridgehead atoms. The molecular weight excluding hydrogens is 180 g/mol. The molecular formula is C11H14O3. The first-order valence-electron chi connectivity index (χ1n) is 4.52. The van der Waals surface area contributed by atoms with Gasteiger partial charge in [-0.1, -0.05) is 29.8 Å². The van der Waals surface area contributed by atoms with E-state index < -0.39 is 6.10 Å². The van der Waals surface area contributed by atoms with E-state index in [9.17, 15) is 4.79 Å².